The van der Waals surface area contributed by atoms with Crippen molar-refractivity contribution in [2.45, 2.75) is 26.4 Å². The molecule has 1 N–H and O–H groups in total. The Hall–Kier alpha value is -2.19. The van der Waals surface area contributed by atoms with Crippen LogP contribution in [-0.4, -0.2) is 4.98 Å². The molecule has 0 aliphatic rings. The molecule has 0 fully saturated rings. The number of fused-ring (bicyclic) bond motifs is 1. The van der Waals surface area contributed by atoms with Gasteiger partial charge in [-0.3, -0.25) is 4.98 Å². The quantitative estimate of drug-likeness (QED) is 0.764. The third-order valence-electron chi connectivity index (χ3n) is 3.93. The second kappa shape index (κ2) is 6.06. The first-order valence-electron chi connectivity index (χ1n) is 7.36. The van der Waals surface area contributed by atoms with Crippen LogP contribution in [0.15, 0.2) is 60.8 Å². The van der Waals surface area contributed by atoms with Gasteiger partial charge in [0.2, 0.25) is 0 Å². The molecule has 106 valence electrons. The lowest BCUT2D eigenvalue weighted by Crippen LogP contribution is -2.18. The van der Waals surface area contributed by atoms with Crippen molar-refractivity contribution in [1.82, 2.24) is 10.3 Å². The molecule has 3 rings (SSSR count). The lowest BCUT2D eigenvalue weighted by atomic mass is 10.0. The summed E-state index contributed by atoms with van der Waals surface area (Å²) < 4.78 is 0. The SMILES string of the molecule is Cc1ccccc1[C@H](C)NCc1ccc2ncccc2c1. The van der Waals surface area contributed by atoms with Crippen molar-refractivity contribution >= 4 is 10.9 Å². The molecule has 2 heteroatoms. The van der Waals surface area contributed by atoms with E-state index in [1.807, 2.05) is 12.3 Å². The molecule has 0 saturated carbocycles. The molecule has 0 unspecified atom stereocenters. The fourth-order valence-electron chi connectivity index (χ4n) is 2.69. The molecule has 2 aromatic carbocycles. The highest BCUT2D eigenvalue weighted by atomic mass is 14.9. The highest BCUT2D eigenvalue weighted by Gasteiger charge is 2.07. The lowest BCUT2D eigenvalue weighted by Gasteiger charge is -2.16. The van der Waals surface area contributed by atoms with E-state index in [-0.39, 0.29) is 0 Å². The van der Waals surface area contributed by atoms with Gasteiger partial charge in [-0.2, -0.15) is 0 Å². The summed E-state index contributed by atoms with van der Waals surface area (Å²) in [7, 11) is 0. The standard InChI is InChI=1S/C19H20N2/c1-14-6-3-4-8-18(14)15(2)21-13-16-9-10-19-17(12-16)7-5-11-20-19/h3-12,15,21H,13H2,1-2H3/t15-/m0/s1. The maximum absolute atomic E-state index is 4.36. The number of hydrogen-bond acceptors (Lipinski definition) is 2. The van der Waals surface area contributed by atoms with Crippen LogP contribution in [0.2, 0.25) is 0 Å². The largest absolute Gasteiger partial charge is 0.306 e. The molecule has 1 aromatic heterocycles. The van der Waals surface area contributed by atoms with Gasteiger partial charge >= 0.3 is 0 Å². The molecule has 1 atom stereocenters. The third kappa shape index (κ3) is 3.11. The Morgan fingerprint density at radius 1 is 1.05 bits per heavy atom. The van der Waals surface area contributed by atoms with Crippen molar-refractivity contribution in [3.63, 3.8) is 0 Å². The van der Waals surface area contributed by atoms with Crippen molar-refractivity contribution in [2.75, 3.05) is 0 Å². The summed E-state index contributed by atoms with van der Waals surface area (Å²) in [5, 5.41) is 4.80. The van der Waals surface area contributed by atoms with E-state index in [1.165, 1.54) is 22.1 Å². The normalized spacial score (nSPS) is 12.5. The van der Waals surface area contributed by atoms with Gasteiger partial charge in [0.05, 0.1) is 5.52 Å². The number of aromatic nitrogens is 1. The molecule has 2 nitrogen and oxygen atoms in total. The van der Waals surface area contributed by atoms with Crippen LogP contribution in [0.5, 0.6) is 0 Å². The zero-order valence-electron chi connectivity index (χ0n) is 12.5. The Balaban J connectivity index is 1.73. The zero-order chi connectivity index (χ0) is 14.7. The number of rotatable bonds is 4. The van der Waals surface area contributed by atoms with Gasteiger partial charge in [-0.25, -0.2) is 0 Å². The average molecular weight is 276 g/mol. The summed E-state index contributed by atoms with van der Waals surface area (Å²) in [6, 6.07) is 19.4. The average Bonchev–Trinajstić information content (AvgIpc) is 2.53. The predicted molar refractivity (Wildman–Crippen MR) is 88.2 cm³/mol. The highest BCUT2D eigenvalue weighted by Crippen LogP contribution is 2.18. The van der Waals surface area contributed by atoms with Gasteiger partial charge in [-0.1, -0.05) is 36.4 Å². The van der Waals surface area contributed by atoms with Crippen LogP contribution in [0.1, 0.15) is 29.7 Å². The summed E-state index contributed by atoms with van der Waals surface area (Å²) in [5.41, 5.74) is 5.03. The molecular formula is C19H20N2. The van der Waals surface area contributed by atoms with E-state index in [0.717, 1.165) is 12.1 Å². The number of nitrogens with one attached hydrogen (secondary N) is 1. The van der Waals surface area contributed by atoms with Gasteiger partial charge in [0.15, 0.2) is 0 Å². The summed E-state index contributed by atoms with van der Waals surface area (Å²) in [4.78, 5) is 4.36. The maximum Gasteiger partial charge on any atom is 0.0702 e. The van der Waals surface area contributed by atoms with Gasteiger partial charge < -0.3 is 5.32 Å². The van der Waals surface area contributed by atoms with Gasteiger partial charge in [0.1, 0.15) is 0 Å². The number of aryl methyl sites for hydroxylation is 1. The molecule has 0 bridgehead atoms. The van der Waals surface area contributed by atoms with Crippen molar-refractivity contribution in [2.24, 2.45) is 0 Å². The number of nitrogens with zero attached hydrogens (tertiary/aromatic N) is 1. The minimum absolute atomic E-state index is 0.343. The van der Waals surface area contributed by atoms with E-state index in [9.17, 15) is 0 Å². The Bertz CT molecular complexity index is 749. The molecule has 1 heterocycles. The fourth-order valence-corrected chi connectivity index (χ4v) is 2.69. The van der Waals surface area contributed by atoms with E-state index in [4.69, 9.17) is 0 Å². The summed E-state index contributed by atoms with van der Waals surface area (Å²) in [5.74, 6) is 0. The summed E-state index contributed by atoms with van der Waals surface area (Å²) >= 11 is 0. The van der Waals surface area contributed by atoms with Crippen molar-refractivity contribution in [3.05, 3.63) is 77.5 Å². The van der Waals surface area contributed by atoms with Gasteiger partial charge in [0.25, 0.3) is 0 Å². The van der Waals surface area contributed by atoms with Gasteiger partial charge in [-0.05, 0) is 48.7 Å². The van der Waals surface area contributed by atoms with E-state index in [0.29, 0.717) is 6.04 Å². The number of hydrogen-bond donors (Lipinski definition) is 1. The van der Waals surface area contributed by atoms with Crippen molar-refractivity contribution < 1.29 is 0 Å². The predicted octanol–water partition coefficient (Wildman–Crippen LogP) is 4.39. The van der Waals surface area contributed by atoms with Crippen molar-refractivity contribution in [1.29, 1.82) is 0 Å². The van der Waals surface area contributed by atoms with Crippen LogP contribution in [0, 0.1) is 6.92 Å². The second-order valence-electron chi connectivity index (χ2n) is 5.49. The Morgan fingerprint density at radius 2 is 1.90 bits per heavy atom. The van der Waals surface area contributed by atoms with E-state index >= 15 is 0 Å². The van der Waals surface area contributed by atoms with Crippen LogP contribution in [0.4, 0.5) is 0 Å². The molecule has 3 aromatic rings. The molecule has 21 heavy (non-hydrogen) atoms. The Labute approximate surface area is 125 Å². The van der Waals surface area contributed by atoms with Gasteiger partial charge in [0, 0.05) is 24.2 Å². The monoisotopic (exact) mass is 276 g/mol. The summed E-state index contributed by atoms with van der Waals surface area (Å²) in [6.45, 7) is 5.24. The van der Waals surface area contributed by atoms with Crippen LogP contribution in [-0.2, 0) is 6.54 Å². The first-order chi connectivity index (χ1) is 10.2. The van der Waals surface area contributed by atoms with E-state index in [1.54, 1.807) is 0 Å². The first kappa shape index (κ1) is 13.8. The topological polar surface area (TPSA) is 24.9 Å². The maximum atomic E-state index is 4.36. The van der Waals surface area contributed by atoms with Crippen LogP contribution in [0.3, 0.4) is 0 Å². The molecule has 0 aliphatic heterocycles. The zero-order valence-corrected chi connectivity index (χ0v) is 12.5. The Morgan fingerprint density at radius 3 is 2.76 bits per heavy atom. The third-order valence-corrected chi connectivity index (χ3v) is 3.93. The molecule has 0 spiro atoms. The lowest BCUT2D eigenvalue weighted by molar-refractivity contribution is 0.572. The molecule has 0 amide bonds. The van der Waals surface area contributed by atoms with Crippen LogP contribution >= 0.6 is 0 Å². The van der Waals surface area contributed by atoms with E-state index in [2.05, 4.69) is 72.7 Å². The Kier molecular flexibility index (Phi) is 3.98. The minimum atomic E-state index is 0.343. The summed E-state index contributed by atoms with van der Waals surface area (Å²) in [6.07, 6.45) is 1.83. The van der Waals surface area contributed by atoms with Gasteiger partial charge in [-0.15, -0.1) is 0 Å². The van der Waals surface area contributed by atoms with Crippen LogP contribution in [0.25, 0.3) is 10.9 Å². The molecule has 0 saturated heterocycles. The number of benzene rings is 2. The van der Waals surface area contributed by atoms with Crippen molar-refractivity contribution in [3.8, 4) is 0 Å². The van der Waals surface area contributed by atoms with E-state index < -0.39 is 0 Å². The molecule has 0 aliphatic carbocycles. The minimum Gasteiger partial charge on any atom is -0.306 e. The van der Waals surface area contributed by atoms with Crippen LogP contribution < -0.4 is 5.32 Å². The highest BCUT2D eigenvalue weighted by molar-refractivity contribution is 5.78. The number of pyridine rings is 1. The molecule has 0 radical (unpaired) electrons. The second-order valence-corrected chi connectivity index (χ2v) is 5.49. The smallest absolute Gasteiger partial charge is 0.0702 e. The first-order valence-corrected chi connectivity index (χ1v) is 7.36. The molecular weight excluding hydrogens is 256 g/mol. The fraction of sp³-hybridized carbons (Fsp3) is 0.211.